The number of fused-ring (bicyclic) bond motifs is 1. The molecule has 1 aliphatic rings. The van der Waals surface area contributed by atoms with E-state index in [9.17, 15) is 19.8 Å². The molecule has 2 aromatic rings. The molecular formula is C17H14O6. The fourth-order valence-electron chi connectivity index (χ4n) is 2.59. The quantitative estimate of drug-likeness (QED) is 0.827. The standard InChI is InChI=1S/C17H14O6/c1-9(18)22-17-15(21)14-12(20)7-11(19)8-13(14)23-16(17)10-5-3-2-4-6-10/h2-8,16-17,19-20H,1H3/t16-,17+/m1/s1. The minimum absolute atomic E-state index is 0.0461. The highest BCUT2D eigenvalue weighted by atomic mass is 16.6. The molecule has 3 rings (SSSR count). The van der Waals surface area contributed by atoms with Gasteiger partial charge in [0.2, 0.25) is 11.9 Å². The Balaban J connectivity index is 2.11. The number of ether oxygens (including phenoxy) is 2. The van der Waals surface area contributed by atoms with Crippen LogP contribution in [-0.4, -0.2) is 28.1 Å². The molecule has 118 valence electrons. The van der Waals surface area contributed by atoms with Crippen molar-refractivity contribution in [3.05, 3.63) is 53.6 Å². The number of esters is 1. The number of carbonyl (C=O) groups is 2. The predicted molar refractivity (Wildman–Crippen MR) is 79.5 cm³/mol. The maximum atomic E-state index is 12.7. The van der Waals surface area contributed by atoms with Crippen molar-refractivity contribution in [1.82, 2.24) is 0 Å². The van der Waals surface area contributed by atoms with E-state index < -0.39 is 29.7 Å². The van der Waals surface area contributed by atoms with Crippen LogP contribution in [-0.2, 0) is 9.53 Å². The fraction of sp³-hybridized carbons (Fsp3) is 0.176. The summed E-state index contributed by atoms with van der Waals surface area (Å²) in [6.07, 6.45) is -2.07. The summed E-state index contributed by atoms with van der Waals surface area (Å²) in [6, 6.07) is 11.1. The third kappa shape index (κ3) is 2.70. The van der Waals surface area contributed by atoms with Gasteiger partial charge in [-0.05, 0) is 5.56 Å². The van der Waals surface area contributed by atoms with Gasteiger partial charge in [-0.2, -0.15) is 0 Å². The molecule has 0 unspecified atom stereocenters. The van der Waals surface area contributed by atoms with E-state index in [1.165, 1.54) is 13.0 Å². The molecule has 0 saturated carbocycles. The number of aromatic hydroxyl groups is 2. The molecule has 0 radical (unpaired) electrons. The summed E-state index contributed by atoms with van der Waals surface area (Å²) in [5.41, 5.74) is 0.529. The van der Waals surface area contributed by atoms with Gasteiger partial charge in [-0.1, -0.05) is 30.3 Å². The van der Waals surface area contributed by atoms with Crippen molar-refractivity contribution in [3.63, 3.8) is 0 Å². The van der Waals surface area contributed by atoms with Gasteiger partial charge in [-0.3, -0.25) is 9.59 Å². The SMILES string of the molecule is CC(=O)O[C@H]1C(=O)c2c(O)cc(O)cc2O[C@@H]1c1ccccc1. The smallest absolute Gasteiger partial charge is 0.303 e. The maximum absolute atomic E-state index is 12.7. The van der Waals surface area contributed by atoms with E-state index in [0.717, 1.165) is 6.07 Å². The molecule has 0 spiro atoms. The van der Waals surface area contributed by atoms with Crippen molar-refractivity contribution in [3.8, 4) is 17.2 Å². The number of hydrogen-bond acceptors (Lipinski definition) is 6. The van der Waals surface area contributed by atoms with Gasteiger partial charge < -0.3 is 19.7 Å². The van der Waals surface area contributed by atoms with E-state index in [1.807, 2.05) is 0 Å². The van der Waals surface area contributed by atoms with Gasteiger partial charge in [0, 0.05) is 19.1 Å². The van der Waals surface area contributed by atoms with Crippen LogP contribution < -0.4 is 4.74 Å². The molecule has 0 fully saturated rings. The number of ketones is 1. The molecule has 2 N–H and O–H groups in total. The van der Waals surface area contributed by atoms with Crippen LogP contribution in [0.1, 0.15) is 28.9 Å². The maximum Gasteiger partial charge on any atom is 0.303 e. The van der Waals surface area contributed by atoms with Crippen molar-refractivity contribution in [2.45, 2.75) is 19.1 Å². The molecule has 6 heteroatoms. The number of benzene rings is 2. The van der Waals surface area contributed by atoms with Gasteiger partial charge in [-0.25, -0.2) is 0 Å². The molecule has 23 heavy (non-hydrogen) atoms. The Hall–Kier alpha value is -3.02. The van der Waals surface area contributed by atoms with E-state index in [-0.39, 0.29) is 17.1 Å². The number of phenolic OH excluding ortho intramolecular Hbond substituents is 2. The molecule has 0 aromatic heterocycles. The highest BCUT2D eigenvalue weighted by Crippen LogP contribution is 2.42. The third-order valence-electron chi connectivity index (χ3n) is 3.52. The average Bonchev–Trinajstić information content (AvgIpc) is 2.49. The number of phenols is 2. The molecule has 1 aliphatic heterocycles. The molecule has 0 bridgehead atoms. The summed E-state index contributed by atoms with van der Waals surface area (Å²) < 4.78 is 10.9. The van der Waals surface area contributed by atoms with Crippen LogP contribution in [0.4, 0.5) is 0 Å². The Morgan fingerprint density at radius 2 is 1.87 bits per heavy atom. The largest absolute Gasteiger partial charge is 0.508 e. The first-order valence-corrected chi connectivity index (χ1v) is 6.96. The number of rotatable bonds is 2. The molecule has 6 nitrogen and oxygen atoms in total. The van der Waals surface area contributed by atoms with Crippen LogP contribution in [0.5, 0.6) is 17.2 Å². The summed E-state index contributed by atoms with van der Waals surface area (Å²) in [5, 5.41) is 19.5. The first-order chi connectivity index (χ1) is 11.0. The second-order valence-electron chi connectivity index (χ2n) is 5.18. The lowest BCUT2D eigenvalue weighted by Crippen LogP contribution is -2.39. The first kappa shape index (κ1) is 14.9. The Morgan fingerprint density at radius 1 is 1.17 bits per heavy atom. The van der Waals surface area contributed by atoms with E-state index in [4.69, 9.17) is 9.47 Å². The molecule has 2 atom stereocenters. The van der Waals surface area contributed by atoms with Crippen molar-refractivity contribution < 1.29 is 29.3 Å². The molecule has 0 aliphatic carbocycles. The van der Waals surface area contributed by atoms with Crippen LogP contribution in [0.15, 0.2) is 42.5 Å². The Morgan fingerprint density at radius 3 is 2.52 bits per heavy atom. The zero-order chi connectivity index (χ0) is 16.6. The van der Waals surface area contributed by atoms with E-state index in [1.54, 1.807) is 30.3 Å². The van der Waals surface area contributed by atoms with Gasteiger partial charge in [0.1, 0.15) is 22.8 Å². The van der Waals surface area contributed by atoms with Gasteiger partial charge in [0.25, 0.3) is 0 Å². The van der Waals surface area contributed by atoms with Crippen LogP contribution in [0.2, 0.25) is 0 Å². The minimum atomic E-state index is -1.21. The van der Waals surface area contributed by atoms with Gasteiger partial charge >= 0.3 is 5.97 Å². The normalized spacial score (nSPS) is 19.6. The van der Waals surface area contributed by atoms with Crippen LogP contribution in [0, 0.1) is 0 Å². The summed E-state index contributed by atoms with van der Waals surface area (Å²) in [5.74, 6) is -1.81. The van der Waals surface area contributed by atoms with Crippen molar-refractivity contribution in [1.29, 1.82) is 0 Å². The fourth-order valence-corrected chi connectivity index (χ4v) is 2.59. The second kappa shape index (κ2) is 5.64. The van der Waals surface area contributed by atoms with Crippen LogP contribution in [0.3, 0.4) is 0 Å². The Bertz CT molecular complexity index is 768. The van der Waals surface area contributed by atoms with Gasteiger partial charge in [-0.15, -0.1) is 0 Å². The highest BCUT2D eigenvalue weighted by Gasteiger charge is 2.42. The number of carbonyl (C=O) groups excluding carboxylic acids is 2. The second-order valence-corrected chi connectivity index (χ2v) is 5.18. The van der Waals surface area contributed by atoms with E-state index in [0.29, 0.717) is 5.56 Å². The average molecular weight is 314 g/mol. The van der Waals surface area contributed by atoms with Crippen LogP contribution >= 0.6 is 0 Å². The summed E-state index contributed by atoms with van der Waals surface area (Å²) >= 11 is 0. The Kier molecular flexibility index (Phi) is 3.65. The number of Topliss-reactive ketones (excluding diaryl/α,β-unsaturated/α-hetero) is 1. The van der Waals surface area contributed by atoms with Gasteiger partial charge in [0.05, 0.1) is 0 Å². The molecule has 1 heterocycles. The zero-order valence-corrected chi connectivity index (χ0v) is 12.2. The van der Waals surface area contributed by atoms with Crippen LogP contribution in [0.25, 0.3) is 0 Å². The summed E-state index contributed by atoms with van der Waals surface area (Å²) in [6.45, 7) is 1.20. The predicted octanol–water partition coefficient (Wildman–Crippen LogP) is 2.35. The zero-order valence-electron chi connectivity index (χ0n) is 12.2. The molecule has 0 amide bonds. The number of hydrogen-bond donors (Lipinski definition) is 2. The van der Waals surface area contributed by atoms with E-state index in [2.05, 4.69) is 0 Å². The lowest BCUT2D eigenvalue weighted by Gasteiger charge is -2.32. The lowest BCUT2D eigenvalue weighted by atomic mass is 9.92. The lowest BCUT2D eigenvalue weighted by molar-refractivity contribution is -0.148. The van der Waals surface area contributed by atoms with E-state index >= 15 is 0 Å². The minimum Gasteiger partial charge on any atom is -0.508 e. The topological polar surface area (TPSA) is 93.1 Å². The summed E-state index contributed by atoms with van der Waals surface area (Å²) in [7, 11) is 0. The molecular weight excluding hydrogens is 300 g/mol. The molecule has 0 saturated heterocycles. The Labute approximate surface area is 131 Å². The van der Waals surface area contributed by atoms with Crippen molar-refractivity contribution in [2.75, 3.05) is 0 Å². The third-order valence-corrected chi connectivity index (χ3v) is 3.52. The molecule has 2 aromatic carbocycles. The van der Waals surface area contributed by atoms with Crippen molar-refractivity contribution >= 4 is 11.8 Å². The summed E-state index contributed by atoms with van der Waals surface area (Å²) in [4.78, 5) is 24.0. The first-order valence-electron chi connectivity index (χ1n) is 6.96. The monoisotopic (exact) mass is 314 g/mol. The highest BCUT2D eigenvalue weighted by molar-refractivity contribution is 6.06. The van der Waals surface area contributed by atoms with Gasteiger partial charge in [0.15, 0.2) is 6.10 Å². The van der Waals surface area contributed by atoms with Crippen molar-refractivity contribution in [2.24, 2.45) is 0 Å².